The molecule has 0 atom stereocenters. The number of aromatic nitrogens is 1. The first kappa shape index (κ1) is 13.9. The van der Waals surface area contributed by atoms with Crippen LogP contribution < -0.4 is 0 Å². The Hall–Kier alpha value is -1.11. The molecule has 2 aromatic rings. The van der Waals surface area contributed by atoms with E-state index in [9.17, 15) is 4.79 Å². The van der Waals surface area contributed by atoms with Crippen LogP contribution in [0.1, 0.15) is 12.8 Å². The van der Waals surface area contributed by atoms with Crippen LogP contribution in [0, 0.1) is 0 Å². The zero-order chi connectivity index (χ0) is 13.9. The maximum absolute atomic E-state index is 12.2. The number of hydrogen-bond donors (Lipinski definition) is 1. The SMILES string of the molecule is O=C(CSc1nc2ccccc2s1)N(CCO)C1CC1. The van der Waals surface area contributed by atoms with Gasteiger partial charge in [0.1, 0.15) is 0 Å². The molecule has 1 N–H and O–H groups in total. The number of para-hydroxylation sites is 1. The number of carbonyl (C=O) groups is 1. The maximum Gasteiger partial charge on any atom is 0.233 e. The highest BCUT2D eigenvalue weighted by Gasteiger charge is 2.31. The lowest BCUT2D eigenvalue weighted by atomic mass is 10.3. The van der Waals surface area contributed by atoms with Gasteiger partial charge in [-0.3, -0.25) is 4.79 Å². The fraction of sp³-hybridized carbons (Fsp3) is 0.429. The van der Waals surface area contributed by atoms with Gasteiger partial charge in [0.05, 0.1) is 22.6 Å². The summed E-state index contributed by atoms with van der Waals surface area (Å²) in [7, 11) is 0. The summed E-state index contributed by atoms with van der Waals surface area (Å²) in [6.07, 6.45) is 2.13. The molecule has 1 fully saturated rings. The van der Waals surface area contributed by atoms with Crippen LogP contribution in [0.5, 0.6) is 0 Å². The van der Waals surface area contributed by atoms with Crippen molar-refractivity contribution in [2.24, 2.45) is 0 Å². The van der Waals surface area contributed by atoms with E-state index in [2.05, 4.69) is 4.98 Å². The van der Waals surface area contributed by atoms with E-state index < -0.39 is 0 Å². The Morgan fingerprint density at radius 1 is 1.45 bits per heavy atom. The highest BCUT2D eigenvalue weighted by Crippen LogP contribution is 2.31. The smallest absolute Gasteiger partial charge is 0.233 e. The maximum atomic E-state index is 12.2. The van der Waals surface area contributed by atoms with Crippen molar-refractivity contribution in [3.63, 3.8) is 0 Å². The molecule has 0 aliphatic heterocycles. The van der Waals surface area contributed by atoms with E-state index in [0.717, 1.165) is 27.4 Å². The van der Waals surface area contributed by atoms with E-state index in [1.165, 1.54) is 11.8 Å². The molecular weight excluding hydrogens is 292 g/mol. The Kier molecular flexibility index (Phi) is 4.24. The van der Waals surface area contributed by atoms with E-state index in [1.54, 1.807) is 16.2 Å². The third kappa shape index (κ3) is 3.13. The second-order valence-electron chi connectivity index (χ2n) is 4.78. The van der Waals surface area contributed by atoms with E-state index in [0.29, 0.717) is 18.3 Å². The Morgan fingerprint density at radius 2 is 2.25 bits per heavy atom. The number of amides is 1. The number of rotatable bonds is 6. The summed E-state index contributed by atoms with van der Waals surface area (Å²) in [6.45, 7) is 0.484. The van der Waals surface area contributed by atoms with Crippen molar-refractivity contribution in [2.75, 3.05) is 18.9 Å². The largest absolute Gasteiger partial charge is 0.395 e. The molecule has 20 heavy (non-hydrogen) atoms. The van der Waals surface area contributed by atoms with Gasteiger partial charge in [-0.15, -0.1) is 11.3 Å². The predicted octanol–water partition coefficient (Wildman–Crippen LogP) is 2.37. The van der Waals surface area contributed by atoms with Crippen molar-refractivity contribution in [2.45, 2.75) is 23.2 Å². The number of benzene rings is 1. The molecule has 6 heteroatoms. The summed E-state index contributed by atoms with van der Waals surface area (Å²) in [6, 6.07) is 8.35. The molecule has 1 amide bonds. The van der Waals surface area contributed by atoms with Gasteiger partial charge in [-0.05, 0) is 25.0 Å². The molecule has 1 aliphatic rings. The molecular formula is C14H16N2O2S2. The van der Waals surface area contributed by atoms with Crippen molar-refractivity contribution in [1.82, 2.24) is 9.88 Å². The van der Waals surface area contributed by atoms with E-state index in [1.807, 2.05) is 24.3 Å². The van der Waals surface area contributed by atoms with Crippen LogP contribution in [-0.4, -0.2) is 45.8 Å². The molecule has 1 aromatic heterocycles. The third-order valence-electron chi connectivity index (χ3n) is 3.24. The van der Waals surface area contributed by atoms with Gasteiger partial charge in [-0.25, -0.2) is 4.98 Å². The van der Waals surface area contributed by atoms with Crippen LogP contribution in [-0.2, 0) is 4.79 Å². The molecule has 4 nitrogen and oxygen atoms in total. The fourth-order valence-electron chi connectivity index (χ4n) is 2.12. The normalized spacial score (nSPS) is 14.7. The molecule has 1 aliphatic carbocycles. The van der Waals surface area contributed by atoms with E-state index in [4.69, 9.17) is 5.11 Å². The van der Waals surface area contributed by atoms with Crippen LogP contribution in [0.25, 0.3) is 10.2 Å². The van der Waals surface area contributed by atoms with Gasteiger partial charge in [0.15, 0.2) is 4.34 Å². The summed E-state index contributed by atoms with van der Waals surface area (Å²) in [5, 5.41) is 9.03. The molecule has 1 heterocycles. The molecule has 1 aromatic carbocycles. The topological polar surface area (TPSA) is 53.4 Å². The van der Waals surface area contributed by atoms with Gasteiger partial charge in [0, 0.05) is 12.6 Å². The molecule has 1 saturated carbocycles. The van der Waals surface area contributed by atoms with Gasteiger partial charge < -0.3 is 10.0 Å². The predicted molar refractivity (Wildman–Crippen MR) is 82.2 cm³/mol. The lowest BCUT2D eigenvalue weighted by Crippen LogP contribution is -2.36. The summed E-state index contributed by atoms with van der Waals surface area (Å²) in [4.78, 5) is 18.5. The highest BCUT2D eigenvalue weighted by molar-refractivity contribution is 8.01. The minimum Gasteiger partial charge on any atom is -0.395 e. The number of hydrogen-bond acceptors (Lipinski definition) is 5. The van der Waals surface area contributed by atoms with Crippen LogP contribution >= 0.6 is 23.1 Å². The number of carbonyl (C=O) groups excluding carboxylic acids is 1. The first-order valence-electron chi connectivity index (χ1n) is 6.66. The quantitative estimate of drug-likeness (QED) is 0.833. The molecule has 0 spiro atoms. The molecule has 0 unspecified atom stereocenters. The minimum absolute atomic E-state index is 0.0358. The van der Waals surface area contributed by atoms with Gasteiger partial charge in [-0.1, -0.05) is 23.9 Å². The summed E-state index contributed by atoms with van der Waals surface area (Å²) >= 11 is 3.11. The number of fused-ring (bicyclic) bond motifs is 1. The van der Waals surface area contributed by atoms with Crippen LogP contribution in [0.4, 0.5) is 0 Å². The second kappa shape index (κ2) is 6.11. The number of nitrogens with zero attached hydrogens (tertiary/aromatic N) is 2. The first-order valence-corrected chi connectivity index (χ1v) is 8.47. The molecule has 0 bridgehead atoms. The molecule has 0 saturated heterocycles. The lowest BCUT2D eigenvalue weighted by molar-refractivity contribution is -0.129. The number of thiazole rings is 1. The fourth-order valence-corrected chi connectivity index (χ4v) is 4.08. The first-order chi connectivity index (χ1) is 9.78. The van der Waals surface area contributed by atoms with Crippen LogP contribution in [0.2, 0.25) is 0 Å². The standard InChI is InChI=1S/C14H16N2O2S2/c17-8-7-16(10-5-6-10)13(18)9-19-14-15-11-3-1-2-4-12(11)20-14/h1-4,10,17H,5-9H2. The average Bonchev–Trinajstić information content (AvgIpc) is 3.20. The molecule has 106 valence electrons. The summed E-state index contributed by atoms with van der Waals surface area (Å²) in [5.74, 6) is 0.502. The van der Waals surface area contributed by atoms with Gasteiger partial charge in [0.25, 0.3) is 0 Å². The Labute approximate surface area is 125 Å². The highest BCUT2D eigenvalue weighted by atomic mass is 32.2. The van der Waals surface area contributed by atoms with Crippen molar-refractivity contribution in [3.05, 3.63) is 24.3 Å². The summed E-state index contributed by atoms with van der Waals surface area (Å²) in [5.41, 5.74) is 0.988. The van der Waals surface area contributed by atoms with Crippen molar-refractivity contribution in [1.29, 1.82) is 0 Å². The third-order valence-corrected chi connectivity index (χ3v) is 5.41. The average molecular weight is 308 g/mol. The van der Waals surface area contributed by atoms with Gasteiger partial charge in [0.2, 0.25) is 5.91 Å². The number of aliphatic hydroxyl groups excluding tert-OH is 1. The van der Waals surface area contributed by atoms with Crippen molar-refractivity contribution in [3.8, 4) is 0 Å². The molecule has 3 rings (SSSR count). The number of aliphatic hydroxyl groups is 1. The zero-order valence-electron chi connectivity index (χ0n) is 11.0. The molecule has 0 radical (unpaired) electrons. The van der Waals surface area contributed by atoms with Crippen molar-refractivity contribution < 1.29 is 9.90 Å². The Bertz CT molecular complexity index is 577. The summed E-state index contributed by atoms with van der Waals surface area (Å²) < 4.78 is 2.08. The van der Waals surface area contributed by atoms with Crippen LogP contribution in [0.3, 0.4) is 0 Å². The van der Waals surface area contributed by atoms with Crippen molar-refractivity contribution >= 4 is 39.2 Å². The van der Waals surface area contributed by atoms with Gasteiger partial charge in [-0.2, -0.15) is 0 Å². The zero-order valence-corrected chi connectivity index (χ0v) is 12.6. The van der Waals surface area contributed by atoms with E-state index >= 15 is 0 Å². The Morgan fingerprint density at radius 3 is 2.95 bits per heavy atom. The monoisotopic (exact) mass is 308 g/mol. The number of thioether (sulfide) groups is 1. The van der Waals surface area contributed by atoms with Crippen LogP contribution in [0.15, 0.2) is 28.6 Å². The second-order valence-corrected chi connectivity index (χ2v) is 7.03. The minimum atomic E-state index is 0.0358. The Balaban J connectivity index is 1.61. The lowest BCUT2D eigenvalue weighted by Gasteiger charge is -2.20. The van der Waals surface area contributed by atoms with Gasteiger partial charge >= 0.3 is 0 Å². The van der Waals surface area contributed by atoms with E-state index in [-0.39, 0.29) is 12.5 Å².